The lowest BCUT2D eigenvalue weighted by molar-refractivity contribution is 0.0947. The predicted octanol–water partition coefficient (Wildman–Crippen LogP) is 4.63. The van der Waals surface area contributed by atoms with Crippen molar-refractivity contribution >= 4 is 40.7 Å². The Balaban J connectivity index is 1.68. The number of pyridine rings is 1. The Morgan fingerprint density at radius 1 is 1.08 bits per heavy atom. The van der Waals surface area contributed by atoms with E-state index in [9.17, 15) is 4.79 Å². The predicted molar refractivity (Wildman–Crippen MR) is 92.4 cm³/mol. The van der Waals surface area contributed by atoms with E-state index < -0.39 is 5.91 Å². The molecule has 5 nitrogen and oxygen atoms in total. The van der Waals surface area contributed by atoms with Crippen molar-refractivity contribution in [1.82, 2.24) is 15.5 Å². The van der Waals surface area contributed by atoms with Gasteiger partial charge < -0.3 is 9.84 Å². The molecule has 0 aliphatic heterocycles. The molecule has 3 aromatic rings. The van der Waals surface area contributed by atoms with E-state index in [2.05, 4.69) is 15.5 Å². The van der Waals surface area contributed by atoms with E-state index in [1.165, 1.54) is 12.3 Å². The molecule has 0 aliphatic carbocycles. The van der Waals surface area contributed by atoms with Crippen LogP contribution in [0.15, 0.2) is 47.1 Å². The van der Waals surface area contributed by atoms with E-state index >= 15 is 0 Å². The third-order valence-electron chi connectivity index (χ3n) is 3.17. The molecule has 0 saturated carbocycles. The lowest BCUT2D eigenvalue weighted by Gasteiger charge is -2.04. The van der Waals surface area contributed by atoms with E-state index in [1.807, 2.05) is 12.1 Å². The number of amides is 1. The van der Waals surface area contributed by atoms with Crippen LogP contribution in [0.2, 0.25) is 15.2 Å². The quantitative estimate of drug-likeness (QED) is 0.668. The van der Waals surface area contributed by atoms with E-state index in [1.54, 1.807) is 18.2 Å². The molecule has 0 fully saturated rings. The van der Waals surface area contributed by atoms with Crippen molar-refractivity contribution in [2.45, 2.75) is 6.54 Å². The molecular formula is C16H10Cl3N3O2. The molecule has 1 N–H and O–H groups in total. The van der Waals surface area contributed by atoms with Crippen molar-refractivity contribution in [2.24, 2.45) is 0 Å². The van der Waals surface area contributed by atoms with E-state index in [0.717, 1.165) is 5.56 Å². The number of nitrogens with zero attached hydrogens (tertiary/aromatic N) is 2. The molecule has 0 radical (unpaired) electrons. The summed E-state index contributed by atoms with van der Waals surface area (Å²) in [7, 11) is 0. The van der Waals surface area contributed by atoms with Crippen molar-refractivity contribution in [3.8, 4) is 11.3 Å². The molecule has 2 heterocycles. The van der Waals surface area contributed by atoms with Crippen molar-refractivity contribution in [2.75, 3.05) is 0 Å². The molecule has 0 aliphatic rings. The summed E-state index contributed by atoms with van der Waals surface area (Å²) in [4.78, 5) is 16.0. The Kier molecular flexibility index (Phi) is 5.04. The topological polar surface area (TPSA) is 68.0 Å². The van der Waals surface area contributed by atoms with Gasteiger partial charge in [-0.25, -0.2) is 4.98 Å². The van der Waals surface area contributed by atoms with Gasteiger partial charge in [-0.05, 0) is 18.2 Å². The first-order chi connectivity index (χ1) is 11.5. The van der Waals surface area contributed by atoms with Gasteiger partial charge in [0.1, 0.15) is 10.8 Å². The second-order valence-corrected chi connectivity index (χ2v) is 6.09. The van der Waals surface area contributed by atoms with Gasteiger partial charge in [-0.15, -0.1) is 0 Å². The SMILES string of the molecule is O=C(NCc1cc(-c2ccc(Cl)cc2)no1)c1cc(Cl)cnc1Cl. The zero-order valence-corrected chi connectivity index (χ0v) is 14.4. The summed E-state index contributed by atoms with van der Waals surface area (Å²) < 4.78 is 5.22. The van der Waals surface area contributed by atoms with Crippen LogP contribution in [0.25, 0.3) is 11.3 Å². The Hall–Kier alpha value is -2.08. The van der Waals surface area contributed by atoms with Crippen molar-refractivity contribution in [3.63, 3.8) is 0 Å². The van der Waals surface area contributed by atoms with E-state index in [-0.39, 0.29) is 17.3 Å². The first-order valence-corrected chi connectivity index (χ1v) is 7.97. The number of hydrogen-bond acceptors (Lipinski definition) is 4. The third-order valence-corrected chi connectivity index (χ3v) is 3.93. The van der Waals surface area contributed by atoms with Crippen molar-refractivity contribution in [1.29, 1.82) is 0 Å². The van der Waals surface area contributed by atoms with Gasteiger partial charge in [-0.2, -0.15) is 0 Å². The maximum Gasteiger partial charge on any atom is 0.254 e. The minimum Gasteiger partial charge on any atom is -0.359 e. The largest absolute Gasteiger partial charge is 0.359 e. The Labute approximate surface area is 152 Å². The molecule has 0 atom stereocenters. The van der Waals surface area contributed by atoms with Crippen LogP contribution in [0.5, 0.6) is 0 Å². The van der Waals surface area contributed by atoms with Crippen LogP contribution >= 0.6 is 34.8 Å². The molecule has 0 spiro atoms. The van der Waals surface area contributed by atoms with Gasteiger partial charge in [-0.3, -0.25) is 4.79 Å². The van der Waals surface area contributed by atoms with Gasteiger partial charge >= 0.3 is 0 Å². The first kappa shape index (κ1) is 16.8. The van der Waals surface area contributed by atoms with Crippen molar-refractivity contribution in [3.05, 3.63) is 69.1 Å². The average molecular weight is 383 g/mol. The van der Waals surface area contributed by atoms with Crippen LogP contribution in [0.3, 0.4) is 0 Å². The Morgan fingerprint density at radius 3 is 2.58 bits per heavy atom. The lowest BCUT2D eigenvalue weighted by Crippen LogP contribution is -2.23. The Morgan fingerprint density at radius 2 is 1.83 bits per heavy atom. The molecule has 2 aromatic heterocycles. The van der Waals surface area contributed by atoms with Crippen LogP contribution in [0, 0.1) is 0 Å². The highest BCUT2D eigenvalue weighted by atomic mass is 35.5. The standard InChI is InChI=1S/C16H10Cl3N3O2/c17-10-3-1-9(2-4-10)14-6-12(24-22-14)8-21-16(23)13-5-11(18)7-20-15(13)19/h1-7H,8H2,(H,21,23). The minimum absolute atomic E-state index is 0.0799. The van der Waals surface area contributed by atoms with Crippen LogP contribution in [0.4, 0.5) is 0 Å². The highest BCUT2D eigenvalue weighted by molar-refractivity contribution is 6.34. The summed E-state index contributed by atoms with van der Waals surface area (Å²) in [5.41, 5.74) is 1.71. The molecule has 0 bridgehead atoms. The number of carbonyl (C=O) groups excluding carboxylic acids is 1. The van der Waals surface area contributed by atoms with Gasteiger partial charge in [0, 0.05) is 22.8 Å². The fourth-order valence-electron chi connectivity index (χ4n) is 2.00. The second-order valence-electron chi connectivity index (χ2n) is 4.86. The molecule has 0 unspecified atom stereocenters. The van der Waals surface area contributed by atoms with E-state index in [0.29, 0.717) is 21.5 Å². The molecular weight excluding hydrogens is 373 g/mol. The normalized spacial score (nSPS) is 10.6. The summed E-state index contributed by atoms with van der Waals surface area (Å²) in [6.45, 7) is 0.155. The summed E-state index contributed by atoms with van der Waals surface area (Å²) >= 11 is 17.6. The maximum absolute atomic E-state index is 12.1. The summed E-state index contributed by atoms with van der Waals surface area (Å²) in [6.07, 6.45) is 1.37. The van der Waals surface area contributed by atoms with Crippen LogP contribution in [-0.4, -0.2) is 16.0 Å². The third kappa shape index (κ3) is 3.87. The van der Waals surface area contributed by atoms with Crippen LogP contribution in [-0.2, 0) is 6.54 Å². The molecule has 122 valence electrons. The maximum atomic E-state index is 12.1. The fourth-order valence-corrected chi connectivity index (χ4v) is 2.47. The number of hydrogen-bond donors (Lipinski definition) is 1. The highest BCUT2D eigenvalue weighted by Gasteiger charge is 2.13. The van der Waals surface area contributed by atoms with Crippen LogP contribution < -0.4 is 5.32 Å². The zero-order chi connectivity index (χ0) is 17.1. The molecule has 1 amide bonds. The zero-order valence-electron chi connectivity index (χ0n) is 12.1. The monoisotopic (exact) mass is 381 g/mol. The number of rotatable bonds is 4. The summed E-state index contributed by atoms with van der Waals surface area (Å²) in [5, 5.41) is 7.70. The molecule has 24 heavy (non-hydrogen) atoms. The molecule has 0 saturated heterocycles. The highest BCUT2D eigenvalue weighted by Crippen LogP contribution is 2.21. The lowest BCUT2D eigenvalue weighted by atomic mass is 10.1. The van der Waals surface area contributed by atoms with Gasteiger partial charge in [0.05, 0.1) is 17.1 Å². The Bertz CT molecular complexity index is 879. The smallest absolute Gasteiger partial charge is 0.254 e. The summed E-state index contributed by atoms with van der Waals surface area (Å²) in [6, 6.07) is 10.4. The second kappa shape index (κ2) is 7.21. The molecule has 3 rings (SSSR count). The van der Waals surface area contributed by atoms with Crippen molar-refractivity contribution < 1.29 is 9.32 Å². The van der Waals surface area contributed by atoms with Crippen LogP contribution in [0.1, 0.15) is 16.1 Å². The fraction of sp³-hybridized carbons (Fsp3) is 0.0625. The average Bonchev–Trinajstić information content (AvgIpc) is 3.04. The number of carbonyl (C=O) groups is 1. The van der Waals surface area contributed by atoms with Gasteiger partial charge in [-0.1, -0.05) is 52.1 Å². The number of halogens is 3. The molecule has 1 aromatic carbocycles. The first-order valence-electron chi connectivity index (χ1n) is 6.84. The summed E-state index contributed by atoms with van der Waals surface area (Å²) in [5.74, 6) is 0.0962. The number of benzene rings is 1. The van der Waals surface area contributed by atoms with Gasteiger partial charge in [0.15, 0.2) is 5.76 Å². The minimum atomic E-state index is -0.403. The number of nitrogens with one attached hydrogen (secondary N) is 1. The van der Waals surface area contributed by atoms with Gasteiger partial charge in [0.25, 0.3) is 5.91 Å². The molecule has 8 heteroatoms. The van der Waals surface area contributed by atoms with Gasteiger partial charge in [0.2, 0.25) is 0 Å². The number of aromatic nitrogens is 2. The van der Waals surface area contributed by atoms with E-state index in [4.69, 9.17) is 39.3 Å².